The standard InChI is InChI=1S/C31H30F6N2O2/c32-30(33,34)25-12-9-22(10-13-25)11-14-27(40)39-17-15-29(16-18-39,20-23-5-2-1-3-6-23)28(41)38-21-24-7-4-8-26(19-24)31(35,36)37/h1-10,12-13,19H,11,14-18,20-21H2,(H,38,41). The van der Waals surface area contributed by atoms with E-state index in [9.17, 15) is 35.9 Å². The predicted molar refractivity (Wildman–Crippen MR) is 141 cm³/mol. The molecule has 0 bridgehead atoms. The third kappa shape index (κ3) is 7.89. The second-order valence-corrected chi connectivity index (χ2v) is 10.4. The van der Waals surface area contributed by atoms with Crippen LogP contribution in [0.25, 0.3) is 0 Å². The fourth-order valence-corrected chi connectivity index (χ4v) is 5.15. The van der Waals surface area contributed by atoms with Gasteiger partial charge in [-0.3, -0.25) is 9.59 Å². The van der Waals surface area contributed by atoms with Crippen molar-refractivity contribution in [1.29, 1.82) is 0 Å². The van der Waals surface area contributed by atoms with Gasteiger partial charge < -0.3 is 10.2 Å². The Hall–Kier alpha value is -3.82. The average Bonchev–Trinajstić information content (AvgIpc) is 2.95. The minimum Gasteiger partial charge on any atom is -0.352 e. The molecule has 0 aromatic heterocycles. The lowest BCUT2D eigenvalue weighted by atomic mass is 9.72. The summed E-state index contributed by atoms with van der Waals surface area (Å²) in [6.07, 6.45) is -7.35. The molecule has 3 aromatic rings. The smallest absolute Gasteiger partial charge is 0.352 e. The summed E-state index contributed by atoms with van der Waals surface area (Å²) in [7, 11) is 0. The summed E-state index contributed by atoms with van der Waals surface area (Å²) in [5.74, 6) is -0.432. The highest BCUT2D eigenvalue weighted by atomic mass is 19.4. The summed E-state index contributed by atoms with van der Waals surface area (Å²) >= 11 is 0. The van der Waals surface area contributed by atoms with Crippen LogP contribution in [0.1, 0.15) is 47.1 Å². The van der Waals surface area contributed by atoms with E-state index >= 15 is 0 Å². The topological polar surface area (TPSA) is 49.4 Å². The number of amides is 2. The van der Waals surface area contributed by atoms with E-state index in [4.69, 9.17) is 0 Å². The average molecular weight is 577 g/mol. The second-order valence-electron chi connectivity index (χ2n) is 10.4. The highest BCUT2D eigenvalue weighted by Gasteiger charge is 2.42. The van der Waals surface area contributed by atoms with Gasteiger partial charge in [-0.05, 0) is 66.6 Å². The number of nitrogens with one attached hydrogen (secondary N) is 1. The molecule has 0 aliphatic carbocycles. The Morgan fingerprint density at radius 2 is 1.34 bits per heavy atom. The molecule has 0 radical (unpaired) electrons. The van der Waals surface area contributed by atoms with Crippen molar-refractivity contribution in [2.24, 2.45) is 5.41 Å². The molecule has 4 nitrogen and oxygen atoms in total. The lowest BCUT2D eigenvalue weighted by Crippen LogP contribution is -2.51. The predicted octanol–water partition coefficient (Wildman–Crippen LogP) is 6.82. The number of rotatable bonds is 8. The van der Waals surface area contributed by atoms with E-state index in [0.29, 0.717) is 49.9 Å². The quantitative estimate of drug-likeness (QED) is 0.299. The Labute approximate surface area is 234 Å². The molecule has 218 valence electrons. The van der Waals surface area contributed by atoms with Gasteiger partial charge in [0.15, 0.2) is 0 Å². The van der Waals surface area contributed by atoms with Crippen LogP contribution in [-0.4, -0.2) is 29.8 Å². The molecule has 0 spiro atoms. The van der Waals surface area contributed by atoms with Crippen LogP contribution in [0.4, 0.5) is 26.3 Å². The SMILES string of the molecule is O=C(CCc1ccc(C(F)(F)F)cc1)N1CCC(Cc2ccccc2)(C(=O)NCc2cccc(C(F)(F)F)c2)CC1. The number of nitrogens with zero attached hydrogens (tertiary/aromatic N) is 1. The summed E-state index contributed by atoms with van der Waals surface area (Å²) in [6, 6.07) is 19.0. The van der Waals surface area contributed by atoms with E-state index in [2.05, 4.69) is 5.32 Å². The fourth-order valence-electron chi connectivity index (χ4n) is 5.15. The van der Waals surface area contributed by atoms with Crippen LogP contribution < -0.4 is 5.32 Å². The fraction of sp³-hybridized carbons (Fsp3) is 0.355. The zero-order valence-electron chi connectivity index (χ0n) is 22.2. The van der Waals surface area contributed by atoms with E-state index in [1.807, 2.05) is 30.3 Å². The normalized spacial score (nSPS) is 15.4. The molecule has 1 heterocycles. The zero-order chi connectivity index (χ0) is 29.7. The molecule has 0 atom stereocenters. The van der Waals surface area contributed by atoms with Gasteiger partial charge in [-0.25, -0.2) is 0 Å². The molecular weight excluding hydrogens is 546 g/mol. The molecule has 1 N–H and O–H groups in total. The zero-order valence-corrected chi connectivity index (χ0v) is 22.2. The minimum atomic E-state index is -4.49. The minimum absolute atomic E-state index is 0.0604. The van der Waals surface area contributed by atoms with E-state index in [1.54, 1.807) is 4.90 Å². The molecule has 41 heavy (non-hydrogen) atoms. The second kappa shape index (κ2) is 12.4. The Kier molecular flexibility index (Phi) is 9.09. The van der Waals surface area contributed by atoms with Crippen LogP contribution in [0, 0.1) is 5.41 Å². The van der Waals surface area contributed by atoms with Gasteiger partial charge in [0.25, 0.3) is 0 Å². The summed E-state index contributed by atoms with van der Waals surface area (Å²) in [6.45, 7) is 0.570. The molecule has 0 unspecified atom stereocenters. The van der Waals surface area contributed by atoms with Gasteiger partial charge in [0, 0.05) is 26.1 Å². The lowest BCUT2D eigenvalue weighted by molar-refractivity contribution is -0.140. The van der Waals surface area contributed by atoms with Crippen LogP contribution in [0.2, 0.25) is 0 Å². The molecule has 4 rings (SSSR count). The van der Waals surface area contributed by atoms with E-state index in [1.165, 1.54) is 24.3 Å². The first-order valence-corrected chi connectivity index (χ1v) is 13.3. The van der Waals surface area contributed by atoms with Crippen molar-refractivity contribution in [3.8, 4) is 0 Å². The first-order chi connectivity index (χ1) is 19.4. The molecule has 10 heteroatoms. The molecule has 1 fully saturated rings. The van der Waals surface area contributed by atoms with Gasteiger partial charge in [-0.2, -0.15) is 26.3 Å². The molecule has 3 aromatic carbocycles. The van der Waals surface area contributed by atoms with E-state index < -0.39 is 28.9 Å². The van der Waals surface area contributed by atoms with Gasteiger partial charge in [0.05, 0.1) is 16.5 Å². The van der Waals surface area contributed by atoms with Crippen molar-refractivity contribution < 1.29 is 35.9 Å². The van der Waals surface area contributed by atoms with Crippen molar-refractivity contribution >= 4 is 11.8 Å². The summed E-state index contributed by atoms with van der Waals surface area (Å²) < 4.78 is 77.7. The summed E-state index contributed by atoms with van der Waals surface area (Å²) in [4.78, 5) is 28.1. The molecule has 1 aliphatic rings. The number of carbonyl (C=O) groups is 2. The van der Waals surface area contributed by atoms with Gasteiger partial charge in [-0.15, -0.1) is 0 Å². The maximum Gasteiger partial charge on any atom is 0.416 e. The largest absolute Gasteiger partial charge is 0.416 e. The maximum atomic E-state index is 13.5. The summed E-state index contributed by atoms with van der Waals surface area (Å²) in [5, 5.41) is 2.82. The van der Waals surface area contributed by atoms with Crippen molar-refractivity contribution in [1.82, 2.24) is 10.2 Å². The van der Waals surface area contributed by atoms with Crippen molar-refractivity contribution in [3.05, 3.63) is 107 Å². The van der Waals surface area contributed by atoms with Crippen LogP contribution >= 0.6 is 0 Å². The number of benzene rings is 3. The lowest BCUT2D eigenvalue weighted by Gasteiger charge is -2.41. The number of hydrogen-bond donors (Lipinski definition) is 1. The highest BCUT2D eigenvalue weighted by Crippen LogP contribution is 2.36. The van der Waals surface area contributed by atoms with E-state index in [-0.39, 0.29) is 24.8 Å². The van der Waals surface area contributed by atoms with Crippen molar-refractivity contribution in [3.63, 3.8) is 0 Å². The highest BCUT2D eigenvalue weighted by molar-refractivity contribution is 5.84. The van der Waals surface area contributed by atoms with Gasteiger partial charge >= 0.3 is 12.4 Å². The molecular formula is C31H30F6N2O2. The van der Waals surface area contributed by atoms with Crippen LogP contribution in [0.15, 0.2) is 78.9 Å². The third-order valence-electron chi connectivity index (χ3n) is 7.56. The molecule has 2 amide bonds. The number of alkyl halides is 6. The summed E-state index contributed by atoms with van der Waals surface area (Å²) in [5.41, 5.74) is -0.498. The Morgan fingerprint density at radius 3 is 1.95 bits per heavy atom. The number of likely N-dealkylation sites (tertiary alicyclic amines) is 1. The maximum absolute atomic E-state index is 13.5. The van der Waals surface area contributed by atoms with E-state index in [0.717, 1.165) is 29.8 Å². The molecule has 0 saturated carbocycles. The first-order valence-electron chi connectivity index (χ1n) is 13.3. The van der Waals surface area contributed by atoms with Crippen molar-refractivity contribution in [2.75, 3.05) is 13.1 Å². The Bertz CT molecular complexity index is 1330. The number of halogens is 6. The van der Waals surface area contributed by atoms with Crippen LogP contribution in [0.3, 0.4) is 0 Å². The monoisotopic (exact) mass is 576 g/mol. The van der Waals surface area contributed by atoms with Crippen LogP contribution in [-0.2, 0) is 41.3 Å². The van der Waals surface area contributed by atoms with Crippen LogP contribution in [0.5, 0.6) is 0 Å². The molecule has 1 saturated heterocycles. The van der Waals surface area contributed by atoms with Gasteiger partial charge in [0.1, 0.15) is 0 Å². The third-order valence-corrected chi connectivity index (χ3v) is 7.56. The number of hydrogen-bond acceptors (Lipinski definition) is 2. The molecule has 1 aliphatic heterocycles. The Morgan fingerprint density at radius 1 is 0.732 bits per heavy atom. The van der Waals surface area contributed by atoms with Gasteiger partial charge in [0.2, 0.25) is 11.8 Å². The first kappa shape index (κ1) is 30.1. The van der Waals surface area contributed by atoms with Crippen molar-refractivity contribution in [2.45, 2.75) is 51.0 Å². The number of carbonyl (C=O) groups excluding carboxylic acids is 2. The number of aryl methyl sites for hydroxylation is 1. The number of piperidine rings is 1. The van der Waals surface area contributed by atoms with Gasteiger partial charge in [-0.1, -0.05) is 54.6 Å². The Balaban J connectivity index is 1.39.